The van der Waals surface area contributed by atoms with Gasteiger partial charge in [0.1, 0.15) is 5.56 Å². The number of carbonyl (C=O) groups is 2. The van der Waals surface area contributed by atoms with E-state index in [9.17, 15) is 9.59 Å². The number of carbonyl (C=O) groups excluding carboxylic acids is 1. The SMILES string of the molecule is O=C(O)c1c(Cl)cccc1NC(=O)N1CCC(CO)CC1. The van der Waals surface area contributed by atoms with E-state index in [-0.39, 0.29) is 34.8 Å². The molecule has 1 heterocycles. The first-order valence-corrected chi connectivity index (χ1v) is 7.09. The van der Waals surface area contributed by atoms with Gasteiger partial charge < -0.3 is 20.4 Å². The second-order valence-electron chi connectivity index (χ2n) is 5.01. The van der Waals surface area contributed by atoms with Crippen molar-refractivity contribution in [3.63, 3.8) is 0 Å². The van der Waals surface area contributed by atoms with Gasteiger partial charge in [-0.3, -0.25) is 0 Å². The number of aromatic carboxylic acids is 1. The third kappa shape index (κ3) is 3.65. The molecule has 0 bridgehead atoms. The zero-order chi connectivity index (χ0) is 15.4. The number of halogens is 1. The van der Waals surface area contributed by atoms with Crippen molar-refractivity contribution in [3.05, 3.63) is 28.8 Å². The van der Waals surface area contributed by atoms with E-state index in [1.54, 1.807) is 11.0 Å². The molecule has 1 fully saturated rings. The number of aliphatic hydroxyl groups excluding tert-OH is 1. The van der Waals surface area contributed by atoms with Gasteiger partial charge in [-0.05, 0) is 30.9 Å². The maximum atomic E-state index is 12.2. The zero-order valence-electron chi connectivity index (χ0n) is 11.4. The van der Waals surface area contributed by atoms with Gasteiger partial charge in [-0.15, -0.1) is 0 Å². The Morgan fingerprint density at radius 1 is 1.33 bits per heavy atom. The van der Waals surface area contributed by atoms with E-state index in [1.807, 2.05) is 0 Å². The number of urea groups is 1. The second-order valence-corrected chi connectivity index (χ2v) is 5.42. The van der Waals surface area contributed by atoms with Crippen LogP contribution < -0.4 is 5.32 Å². The van der Waals surface area contributed by atoms with Crippen molar-refractivity contribution >= 4 is 29.3 Å². The second kappa shape index (κ2) is 6.78. The molecule has 1 aliphatic heterocycles. The van der Waals surface area contributed by atoms with Crippen LogP contribution in [0.15, 0.2) is 18.2 Å². The number of benzene rings is 1. The number of carboxylic acid groups (broad SMARTS) is 1. The van der Waals surface area contributed by atoms with Crippen LogP contribution >= 0.6 is 11.6 Å². The zero-order valence-corrected chi connectivity index (χ0v) is 12.1. The van der Waals surface area contributed by atoms with Crippen molar-refractivity contribution in [2.24, 2.45) is 5.92 Å². The fourth-order valence-corrected chi connectivity index (χ4v) is 2.61. The topological polar surface area (TPSA) is 89.9 Å². The van der Waals surface area contributed by atoms with E-state index in [2.05, 4.69) is 5.32 Å². The summed E-state index contributed by atoms with van der Waals surface area (Å²) in [6.45, 7) is 1.22. The van der Waals surface area contributed by atoms with Crippen LogP contribution in [0.1, 0.15) is 23.2 Å². The van der Waals surface area contributed by atoms with Gasteiger partial charge in [0.2, 0.25) is 0 Å². The smallest absolute Gasteiger partial charge is 0.339 e. The molecule has 1 aromatic rings. The Morgan fingerprint density at radius 3 is 2.57 bits per heavy atom. The quantitative estimate of drug-likeness (QED) is 0.798. The summed E-state index contributed by atoms with van der Waals surface area (Å²) in [6, 6.07) is 4.21. The largest absolute Gasteiger partial charge is 0.478 e. The summed E-state index contributed by atoms with van der Waals surface area (Å²) < 4.78 is 0. The normalized spacial score (nSPS) is 15.8. The molecular formula is C14H17ClN2O4. The summed E-state index contributed by atoms with van der Waals surface area (Å²) in [5.41, 5.74) is 0.0713. The molecule has 114 valence electrons. The van der Waals surface area contributed by atoms with Crippen LogP contribution in [0.2, 0.25) is 5.02 Å². The van der Waals surface area contributed by atoms with Gasteiger partial charge in [-0.25, -0.2) is 9.59 Å². The average Bonchev–Trinajstić information content (AvgIpc) is 2.47. The van der Waals surface area contributed by atoms with Crippen LogP contribution in [0.3, 0.4) is 0 Å². The van der Waals surface area contributed by atoms with Crippen molar-refractivity contribution in [1.82, 2.24) is 4.90 Å². The minimum Gasteiger partial charge on any atom is -0.478 e. The van der Waals surface area contributed by atoms with E-state index in [0.29, 0.717) is 13.1 Å². The molecule has 0 aliphatic carbocycles. The van der Waals surface area contributed by atoms with Crippen LogP contribution in [-0.2, 0) is 0 Å². The predicted molar refractivity (Wildman–Crippen MR) is 78.8 cm³/mol. The number of nitrogens with one attached hydrogen (secondary N) is 1. The summed E-state index contributed by atoms with van der Waals surface area (Å²) in [6.07, 6.45) is 1.48. The van der Waals surface area contributed by atoms with E-state index in [0.717, 1.165) is 12.8 Å². The van der Waals surface area contributed by atoms with Crippen molar-refractivity contribution in [1.29, 1.82) is 0 Å². The summed E-state index contributed by atoms with van der Waals surface area (Å²) in [7, 11) is 0. The third-order valence-corrected chi connectivity index (χ3v) is 3.94. The molecule has 1 saturated heterocycles. The number of amides is 2. The number of anilines is 1. The highest BCUT2D eigenvalue weighted by Crippen LogP contribution is 2.25. The van der Waals surface area contributed by atoms with Gasteiger partial charge in [0.05, 0.1) is 10.7 Å². The maximum absolute atomic E-state index is 12.2. The van der Waals surface area contributed by atoms with E-state index in [1.165, 1.54) is 12.1 Å². The Balaban J connectivity index is 2.07. The van der Waals surface area contributed by atoms with Gasteiger partial charge >= 0.3 is 12.0 Å². The van der Waals surface area contributed by atoms with Gasteiger partial charge in [0.25, 0.3) is 0 Å². The highest BCUT2D eigenvalue weighted by molar-refractivity contribution is 6.34. The molecule has 0 saturated carbocycles. The first kappa shape index (κ1) is 15.6. The lowest BCUT2D eigenvalue weighted by Crippen LogP contribution is -2.41. The monoisotopic (exact) mass is 312 g/mol. The van der Waals surface area contributed by atoms with Crippen LogP contribution in [-0.4, -0.2) is 46.8 Å². The fourth-order valence-electron chi connectivity index (χ4n) is 2.36. The molecule has 0 aromatic heterocycles. The molecule has 2 amide bonds. The molecule has 21 heavy (non-hydrogen) atoms. The van der Waals surface area contributed by atoms with Crippen LogP contribution in [0.4, 0.5) is 10.5 Å². The van der Waals surface area contributed by atoms with Crippen molar-refractivity contribution in [2.45, 2.75) is 12.8 Å². The first-order chi connectivity index (χ1) is 10.0. The molecule has 2 rings (SSSR count). The molecule has 0 radical (unpaired) electrons. The summed E-state index contributed by atoms with van der Waals surface area (Å²) >= 11 is 5.86. The number of likely N-dealkylation sites (tertiary alicyclic amines) is 1. The number of aliphatic hydroxyl groups is 1. The summed E-state index contributed by atoms with van der Waals surface area (Å²) in [4.78, 5) is 25.0. The molecule has 1 aliphatic rings. The van der Waals surface area contributed by atoms with Gasteiger partial charge in [-0.2, -0.15) is 0 Å². The number of hydrogen-bond acceptors (Lipinski definition) is 3. The minimum atomic E-state index is -1.19. The lowest BCUT2D eigenvalue weighted by Gasteiger charge is -2.31. The Bertz CT molecular complexity index is 542. The standard InChI is InChI=1S/C14H17ClN2O4/c15-10-2-1-3-11(12(10)13(19)20)16-14(21)17-6-4-9(8-18)5-7-17/h1-3,9,18H,4-8H2,(H,16,21)(H,19,20). The highest BCUT2D eigenvalue weighted by Gasteiger charge is 2.24. The lowest BCUT2D eigenvalue weighted by molar-refractivity contribution is 0.0698. The van der Waals surface area contributed by atoms with Gasteiger partial charge in [0, 0.05) is 19.7 Å². The minimum absolute atomic E-state index is 0.0827. The van der Waals surface area contributed by atoms with Crippen molar-refractivity contribution in [2.75, 3.05) is 25.0 Å². The van der Waals surface area contributed by atoms with E-state index < -0.39 is 5.97 Å². The molecule has 0 spiro atoms. The third-order valence-electron chi connectivity index (χ3n) is 3.63. The average molecular weight is 313 g/mol. The molecular weight excluding hydrogens is 296 g/mol. The highest BCUT2D eigenvalue weighted by atomic mass is 35.5. The van der Waals surface area contributed by atoms with Crippen molar-refractivity contribution in [3.8, 4) is 0 Å². The van der Waals surface area contributed by atoms with Crippen LogP contribution in [0.25, 0.3) is 0 Å². The molecule has 7 heteroatoms. The molecule has 0 unspecified atom stereocenters. The number of carboxylic acids is 1. The first-order valence-electron chi connectivity index (χ1n) is 6.71. The van der Waals surface area contributed by atoms with E-state index >= 15 is 0 Å². The summed E-state index contributed by atoms with van der Waals surface area (Å²) in [5, 5.41) is 20.9. The van der Waals surface area contributed by atoms with Crippen molar-refractivity contribution < 1.29 is 19.8 Å². The molecule has 1 aromatic carbocycles. The Labute approximate surface area is 127 Å². The number of piperidine rings is 1. The Morgan fingerprint density at radius 2 is 2.00 bits per heavy atom. The Hall–Kier alpha value is -1.79. The van der Waals surface area contributed by atoms with Gasteiger partial charge in [-0.1, -0.05) is 17.7 Å². The number of hydrogen-bond donors (Lipinski definition) is 3. The Kier molecular flexibility index (Phi) is 5.03. The number of rotatable bonds is 3. The fraction of sp³-hybridized carbons (Fsp3) is 0.429. The van der Waals surface area contributed by atoms with Crippen LogP contribution in [0, 0.1) is 5.92 Å². The summed E-state index contributed by atoms with van der Waals surface area (Å²) in [5.74, 6) is -0.954. The lowest BCUT2D eigenvalue weighted by atomic mass is 9.98. The molecule has 6 nitrogen and oxygen atoms in total. The van der Waals surface area contributed by atoms with Crippen LogP contribution in [0.5, 0.6) is 0 Å². The maximum Gasteiger partial charge on any atom is 0.339 e. The number of nitrogens with zero attached hydrogens (tertiary/aromatic N) is 1. The predicted octanol–water partition coefficient (Wildman–Crippen LogP) is 2.27. The molecule has 0 atom stereocenters. The van der Waals surface area contributed by atoms with E-state index in [4.69, 9.17) is 21.8 Å². The molecule has 3 N–H and O–H groups in total. The van der Waals surface area contributed by atoms with Gasteiger partial charge in [0.15, 0.2) is 0 Å².